The first-order valence-corrected chi connectivity index (χ1v) is 10.3. The molecule has 1 aliphatic heterocycles. The second kappa shape index (κ2) is 10.7. The molecule has 1 N–H and O–H groups in total. The molecule has 0 radical (unpaired) electrons. The Bertz CT molecular complexity index is 833. The first-order valence-electron chi connectivity index (χ1n) is 9.50. The minimum atomic E-state index is -0.236. The van der Waals surface area contributed by atoms with E-state index in [4.69, 9.17) is 33.3 Å². The van der Waals surface area contributed by atoms with Crippen molar-refractivity contribution in [1.82, 2.24) is 9.80 Å². The van der Waals surface area contributed by atoms with Crippen LogP contribution in [0.1, 0.15) is 5.56 Å². The second-order valence-electron chi connectivity index (χ2n) is 6.75. The highest BCUT2D eigenvalue weighted by molar-refractivity contribution is 7.80. The highest BCUT2D eigenvalue weighted by Gasteiger charge is 2.17. The largest absolute Gasteiger partial charge is 0.495 e. The number of rotatable bonds is 7. The number of ether oxygens (including phenoxy) is 2. The normalized spacial score (nSPS) is 14.4. The van der Waals surface area contributed by atoms with E-state index in [1.807, 2.05) is 17.0 Å². The van der Waals surface area contributed by atoms with Gasteiger partial charge in [-0.25, -0.2) is 4.39 Å². The summed E-state index contributed by atoms with van der Waals surface area (Å²) in [4.78, 5) is 4.30. The van der Waals surface area contributed by atoms with E-state index in [2.05, 4.69) is 10.2 Å². The lowest BCUT2D eigenvalue weighted by Gasteiger charge is -2.31. The van der Waals surface area contributed by atoms with Crippen molar-refractivity contribution < 1.29 is 13.9 Å². The van der Waals surface area contributed by atoms with Gasteiger partial charge in [0.25, 0.3) is 0 Å². The predicted octanol–water partition coefficient (Wildman–Crippen LogP) is 4.02. The van der Waals surface area contributed by atoms with Crippen molar-refractivity contribution in [3.8, 4) is 5.75 Å². The molecule has 0 bridgehead atoms. The van der Waals surface area contributed by atoms with Gasteiger partial charge in [-0.15, -0.1) is 0 Å². The monoisotopic (exact) mass is 437 g/mol. The molecular weight excluding hydrogens is 413 g/mol. The fraction of sp³-hybridized carbons (Fsp3) is 0.381. The Morgan fingerprint density at radius 2 is 2.03 bits per heavy atom. The molecule has 0 aromatic heterocycles. The van der Waals surface area contributed by atoms with E-state index in [0.717, 1.165) is 38.5 Å². The highest BCUT2D eigenvalue weighted by atomic mass is 35.5. The van der Waals surface area contributed by atoms with Crippen molar-refractivity contribution in [3.05, 3.63) is 58.9 Å². The van der Waals surface area contributed by atoms with Crippen LogP contribution < -0.4 is 10.1 Å². The van der Waals surface area contributed by atoms with Crippen molar-refractivity contribution in [2.24, 2.45) is 0 Å². The van der Waals surface area contributed by atoms with E-state index in [1.165, 1.54) is 6.07 Å². The maximum atomic E-state index is 14.2. The smallest absolute Gasteiger partial charge is 0.173 e. The molecule has 156 valence electrons. The molecule has 1 saturated heterocycles. The van der Waals surface area contributed by atoms with Crippen LogP contribution in [-0.2, 0) is 11.3 Å². The van der Waals surface area contributed by atoms with Crippen LogP contribution in [0.3, 0.4) is 0 Å². The summed E-state index contributed by atoms with van der Waals surface area (Å²) in [6, 6.07) is 12.1. The molecule has 0 atom stereocenters. The number of hydrogen-bond acceptors (Lipinski definition) is 4. The summed E-state index contributed by atoms with van der Waals surface area (Å²) >= 11 is 11.8. The number of methoxy groups -OCH3 is 1. The summed E-state index contributed by atoms with van der Waals surface area (Å²) in [5.74, 6) is 0.327. The van der Waals surface area contributed by atoms with Crippen molar-refractivity contribution in [3.63, 3.8) is 0 Å². The Kier molecular flexibility index (Phi) is 8.06. The number of benzene rings is 2. The number of anilines is 1. The minimum Gasteiger partial charge on any atom is -0.495 e. The number of morpholine rings is 1. The van der Waals surface area contributed by atoms with Crippen LogP contribution in [0.2, 0.25) is 5.02 Å². The van der Waals surface area contributed by atoms with Gasteiger partial charge in [-0.05, 0) is 30.4 Å². The Morgan fingerprint density at radius 3 is 2.76 bits per heavy atom. The van der Waals surface area contributed by atoms with Crippen molar-refractivity contribution in [2.75, 3.05) is 51.8 Å². The summed E-state index contributed by atoms with van der Waals surface area (Å²) in [6.07, 6.45) is 0. The molecule has 0 spiro atoms. The minimum absolute atomic E-state index is 0.236. The van der Waals surface area contributed by atoms with Gasteiger partial charge in [0.05, 0.1) is 25.3 Å². The molecule has 2 aromatic carbocycles. The van der Waals surface area contributed by atoms with Gasteiger partial charge >= 0.3 is 0 Å². The molecule has 8 heteroatoms. The van der Waals surface area contributed by atoms with E-state index in [-0.39, 0.29) is 5.82 Å². The first-order chi connectivity index (χ1) is 14.1. The van der Waals surface area contributed by atoms with E-state index < -0.39 is 0 Å². The third-order valence-corrected chi connectivity index (χ3v) is 5.47. The van der Waals surface area contributed by atoms with Gasteiger partial charge in [-0.1, -0.05) is 29.8 Å². The van der Waals surface area contributed by atoms with E-state index in [9.17, 15) is 4.39 Å². The molecule has 2 aromatic rings. The lowest BCUT2D eigenvalue weighted by Crippen LogP contribution is -2.44. The van der Waals surface area contributed by atoms with Crippen LogP contribution >= 0.6 is 23.8 Å². The average molecular weight is 438 g/mol. The van der Waals surface area contributed by atoms with Crippen LogP contribution in [-0.4, -0.2) is 61.4 Å². The Labute approximate surface area is 181 Å². The number of halogens is 2. The highest BCUT2D eigenvalue weighted by Crippen LogP contribution is 2.27. The van der Waals surface area contributed by atoms with Crippen LogP contribution in [0.4, 0.5) is 10.1 Å². The molecule has 1 heterocycles. The summed E-state index contributed by atoms with van der Waals surface area (Å²) in [6.45, 7) is 5.13. The van der Waals surface area contributed by atoms with Gasteiger partial charge in [0.2, 0.25) is 0 Å². The molecule has 0 amide bonds. The molecule has 3 rings (SSSR count). The predicted molar refractivity (Wildman–Crippen MR) is 118 cm³/mol. The number of hydrogen-bond donors (Lipinski definition) is 1. The van der Waals surface area contributed by atoms with Gasteiger partial charge in [0.1, 0.15) is 11.6 Å². The number of nitrogens with zero attached hydrogens (tertiary/aromatic N) is 2. The van der Waals surface area contributed by atoms with E-state index >= 15 is 0 Å². The SMILES string of the molecule is COc1cc(NC(=S)N(CCN2CCOCC2)Cc2ccccc2F)ccc1Cl. The molecule has 0 unspecified atom stereocenters. The van der Waals surface area contributed by atoms with Gasteiger partial charge in [-0.3, -0.25) is 4.90 Å². The quantitative estimate of drug-likeness (QED) is 0.659. The maximum absolute atomic E-state index is 14.2. The van der Waals surface area contributed by atoms with Gasteiger partial charge in [0, 0.05) is 50.0 Å². The Morgan fingerprint density at radius 1 is 1.28 bits per heavy atom. The van der Waals surface area contributed by atoms with Crippen LogP contribution in [0, 0.1) is 5.82 Å². The van der Waals surface area contributed by atoms with Crippen LogP contribution in [0.5, 0.6) is 5.75 Å². The lowest BCUT2D eigenvalue weighted by atomic mass is 10.2. The van der Waals surface area contributed by atoms with Crippen molar-refractivity contribution in [1.29, 1.82) is 0 Å². The zero-order valence-electron chi connectivity index (χ0n) is 16.4. The zero-order valence-corrected chi connectivity index (χ0v) is 17.9. The Hall–Kier alpha value is -1.93. The summed E-state index contributed by atoms with van der Waals surface area (Å²) in [7, 11) is 1.57. The molecule has 29 heavy (non-hydrogen) atoms. The van der Waals surface area contributed by atoms with Gasteiger partial charge in [-0.2, -0.15) is 0 Å². The number of thiocarbonyl (C=S) groups is 1. The summed E-state index contributed by atoms with van der Waals surface area (Å²) in [5, 5.41) is 4.27. The molecule has 0 aliphatic carbocycles. The molecule has 1 fully saturated rings. The molecular formula is C21H25ClFN3O2S. The summed E-state index contributed by atoms with van der Waals surface area (Å²) < 4.78 is 24.9. The van der Waals surface area contributed by atoms with Gasteiger partial charge < -0.3 is 19.7 Å². The first kappa shape index (κ1) is 21.8. The standard InChI is InChI=1S/C21H25ClFN3O2S/c1-27-20-14-17(6-7-18(20)22)24-21(29)26(9-8-25-10-12-28-13-11-25)15-16-4-2-3-5-19(16)23/h2-7,14H,8-13,15H2,1H3,(H,24,29). The maximum Gasteiger partial charge on any atom is 0.173 e. The number of nitrogens with one attached hydrogen (secondary N) is 1. The topological polar surface area (TPSA) is 37.0 Å². The fourth-order valence-electron chi connectivity index (χ4n) is 3.11. The zero-order chi connectivity index (χ0) is 20.6. The van der Waals surface area contributed by atoms with E-state index in [1.54, 1.807) is 31.4 Å². The van der Waals surface area contributed by atoms with Crippen LogP contribution in [0.15, 0.2) is 42.5 Å². The molecule has 5 nitrogen and oxygen atoms in total. The molecule has 0 saturated carbocycles. The summed E-state index contributed by atoms with van der Waals surface area (Å²) in [5.41, 5.74) is 1.37. The van der Waals surface area contributed by atoms with E-state index in [0.29, 0.717) is 34.5 Å². The Balaban J connectivity index is 1.71. The third kappa shape index (κ3) is 6.27. The van der Waals surface area contributed by atoms with Gasteiger partial charge in [0.15, 0.2) is 5.11 Å². The molecule has 1 aliphatic rings. The fourth-order valence-corrected chi connectivity index (χ4v) is 3.58. The van der Waals surface area contributed by atoms with Crippen molar-refractivity contribution >= 4 is 34.6 Å². The second-order valence-corrected chi connectivity index (χ2v) is 7.54. The third-order valence-electron chi connectivity index (χ3n) is 4.80. The average Bonchev–Trinajstić information content (AvgIpc) is 2.74. The lowest BCUT2D eigenvalue weighted by molar-refractivity contribution is 0.0358. The van der Waals surface area contributed by atoms with Crippen LogP contribution in [0.25, 0.3) is 0 Å². The van der Waals surface area contributed by atoms with Crippen molar-refractivity contribution in [2.45, 2.75) is 6.54 Å².